The molecule has 94 valence electrons. The molecular formula is C14H8N6. The van der Waals surface area contributed by atoms with E-state index in [9.17, 15) is 0 Å². The number of hydrogen-bond donors (Lipinski definition) is 0. The van der Waals surface area contributed by atoms with Crippen molar-refractivity contribution in [2.45, 2.75) is 0 Å². The van der Waals surface area contributed by atoms with Crippen LogP contribution in [0.3, 0.4) is 0 Å². The molecule has 0 aromatic rings. The molecule has 0 spiro atoms. The highest BCUT2D eigenvalue weighted by atomic mass is 15.3. The first-order valence-corrected chi connectivity index (χ1v) is 5.65. The van der Waals surface area contributed by atoms with Crippen LogP contribution in [0.5, 0.6) is 0 Å². The van der Waals surface area contributed by atoms with Crippen LogP contribution in [0, 0.1) is 5.39 Å². The van der Waals surface area contributed by atoms with Gasteiger partial charge in [-0.1, -0.05) is 29.7 Å². The summed E-state index contributed by atoms with van der Waals surface area (Å²) < 4.78 is 0. The third-order valence-corrected chi connectivity index (χ3v) is 2.43. The molecule has 0 atom stereocenters. The fourth-order valence-corrected chi connectivity index (χ4v) is 1.52. The molecule has 0 amide bonds. The fraction of sp³-hybridized carbons (Fsp3) is 0. The van der Waals surface area contributed by atoms with Crippen LogP contribution in [0.2, 0.25) is 0 Å². The minimum absolute atomic E-state index is 0.494. The Morgan fingerprint density at radius 3 is 2.45 bits per heavy atom. The topological polar surface area (TPSA) is 87.5 Å². The molecule has 0 saturated heterocycles. The van der Waals surface area contributed by atoms with Gasteiger partial charge in [0.15, 0.2) is 10.8 Å². The smallest absolute Gasteiger partial charge is 0.339 e. The highest BCUT2D eigenvalue weighted by molar-refractivity contribution is 6.11. The number of allylic oxidation sites excluding steroid dienone is 10. The first-order valence-electron chi connectivity index (χ1n) is 5.65. The van der Waals surface area contributed by atoms with Gasteiger partial charge in [0, 0.05) is 11.1 Å². The van der Waals surface area contributed by atoms with Crippen molar-refractivity contribution in [1.29, 1.82) is 5.39 Å². The second kappa shape index (κ2) is 6.53. The number of nitrogens with zero attached hydrogens (tertiary/aromatic N) is 6. The van der Waals surface area contributed by atoms with Gasteiger partial charge in [-0.3, -0.25) is 5.22 Å². The zero-order valence-electron chi connectivity index (χ0n) is 10.3. The van der Waals surface area contributed by atoms with E-state index < -0.39 is 0 Å². The van der Waals surface area contributed by atoms with E-state index in [2.05, 4.69) is 32.0 Å². The Morgan fingerprint density at radius 1 is 1.00 bits per heavy atom. The average Bonchev–Trinajstić information content (AvgIpc) is 2.48. The Balaban J connectivity index is 2.38. The molecule has 0 radical (unpaired) electrons. The van der Waals surface area contributed by atoms with Gasteiger partial charge in [-0.25, -0.2) is 0 Å². The number of hydrogen-bond acceptors (Lipinski definition) is 3. The lowest BCUT2D eigenvalue weighted by Gasteiger charge is -2.06. The van der Waals surface area contributed by atoms with Gasteiger partial charge >= 0.3 is 5.08 Å². The summed E-state index contributed by atoms with van der Waals surface area (Å²) in [7, 11) is 0. The molecule has 6 heteroatoms. The summed E-state index contributed by atoms with van der Waals surface area (Å²) in [5.41, 5.74) is 16.9. The molecule has 0 aliphatic heterocycles. The van der Waals surface area contributed by atoms with Crippen LogP contribution in [0.25, 0.3) is 10.6 Å². The molecule has 2 aliphatic carbocycles. The quantitative estimate of drug-likeness (QED) is 0.307. The van der Waals surface area contributed by atoms with Crippen LogP contribution in [0.1, 0.15) is 0 Å². The third-order valence-electron chi connectivity index (χ3n) is 2.43. The summed E-state index contributed by atoms with van der Waals surface area (Å²) in [6, 6.07) is 0. The van der Waals surface area contributed by atoms with Gasteiger partial charge in [0.25, 0.3) is 5.39 Å². The molecule has 2 rings (SSSR count). The van der Waals surface area contributed by atoms with E-state index in [1.165, 1.54) is 0 Å². The Hall–Kier alpha value is -3.38. The van der Waals surface area contributed by atoms with E-state index in [1.807, 2.05) is 6.08 Å². The molecule has 6 nitrogen and oxygen atoms in total. The van der Waals surface area contributed by atoms with Gasteiger partial charge < -0.3 is 10.6 Å². The summed E-state index contributed by atoms with van der Waals surface area (Å²) in [6.45, 7) is 0. The minimum atomic E-state index is 0.494. The van der Waals surface area contributed by atoms with E-state index >= 15 is 0 Å². The van der Waals surface area contributed by atoms with Gasteiger partial charge in [-0.05, 0) is 36.1 Å². The lowest BCUT2D eigenvalue weighted by Crippen LogP contribution is -1.97. The maximum absolute atomic E-state index is 8.48. The predicted octanol–water partition coefficient (Wildman–Crippen LogP) is 3.43. The van der Waals surface area contributed by atoms with E-state index in [1.54, 1.807) is 42.5 Å². The van der Waals surface area contributed by atoms with Crippen LogP contribution in [0.4, 0.5) is 0 Å². The van der Waals surface area contributed by atoms with Crippen LogP contribution < -0.4 is 0 Å². The van der Waals surface area contributed by atoms with Crippen molar-refractivity contribution in [2.75, 3.05) is 0 Å². The van der Waals surface area contributed by atoms with Crippen LogP contribution in [-0.2, 0) is 0 Å². The molecule has 0 saturated carbocycles. The predicted molar refractivity (Wildman–Crippen MR) is 76.4 cm³/mol. The van der Waals surface area contributed by atoms with Gasteiger partial charge in [-0.15, -0.1) is 0 Å². The third kappa shape index (κ3) is 3.31. The van der Waals surface area contributed by atoms with Gasteiger partial charge in [0.1, 0.15) is 0 Å². The first-order chi connectivity index (χ1) is 9.83. The first kappa shape index (κ1) is 13.1. The summed E-state index contributed by atoms with van der Waals surface area (Å²) in [4.78, 5) is 0. The molecule has 0 bridgehead atoms. The van der Waals surface area contributed by atoms with Crippen molar-refractivity contribution in [3.05, 3.63) is 81.8 Å². The second-order valence-electron chi connectivity index (χ2n) is 3.69. The van der Waals surface area contributed by atoms with Crippen molar-refractivity contribution in [2.24, 2.45) is 15.4 Å². The van der Waals surface area contributed by atoms with Crippen molar-refractivity contribution in [3.63, 3.8) is 0 Å². The van der Waals surface area contributed by atoms with Crippen molar-refractivity contribution >= 4 is 11.4 Å². The molecule has 0 unspecified atom stereocenters. The summed E-state index contributed by atoms with van der Waals surface area (Å²) in [5.74, 6) is 0. The van der Waals surface area contributed by atoms with Crippen molar-refractivity contribution in [1.82, 2.24) is 0 Å². The summed E-state index contributed by atoms with van der Waals surface area (Å²) in [6.07, 6.45) is 14.0. The van der Waals surface area contributed by atoms with Crippen LogP contribution >= 0.6 is 0 Å². The second-order valence-corrected chi connectivity index (χ2v) is 3.69. The highest BCUT2D eigenvalue weighted by Gasteiger charge is 2.01. The SMILES string of the molecule is N#[N+]N=C1C=CC(=C=C=C2C=CC=CC2=NN=[N-])C=C1. The Labute approximate surface area is 115 Å². The Bertz CT molecular complexity index is 734. The molecule has 0 heterocycles. The maximum Gasteiger partial charge on any atom is 0.339 e. The zero-order chi connectivity index (χ0) is 14.2. The van der Waals surface area contributed by atoms with Crippen LogP contribution in [0.15, 0.2) is 86.6 Å². The Kier molecular flexibility index (Phi) is 4.26. The van der Waals surface area contributed by atoms with E-state index in [-0.39, 0.29) is 0 Å². The molecule has 0 aromatic carbocycles. The number of diazo groups is 1. The fourth-order valence-electron chi connectivity index (χ4n) is 1.52. The normalized spacial score (nSPS) is 17.8. The summed E-state index contributed by atoms with van der Waals surface area (Å²) >= 11 is 0. The average molecular weight is 260 g/mol. The van der Waals surface area contributed by atoms with Crippen molar-refractivity contribution in [3.8, 4) is 0 Å². The summed E-state index contributed by atoms with van der Waals surface area (Å²) in [5, 5.41) is 20.8. The Morgan fingerprint density at radius 2 is 1.75 bits per heavy atom. The lowest BCUT2D eigenvalue weighted by molar-refractivity contribution is 1.22. The van der Waals surface area contributed by atoms with Gasteiger partial charge in [0.05, 0.1) is 0 Å². The maximum atomic E-state index is 8.48. The largest absolute Gasteiger partial charge is 0.362 e. The lowest BCUT2D eigenvalue weighted by atomic mass is 10.1. The van der Waals surface area contributed by atoms with Gasteiger partial charge in [0.2, 0.25) is 0 Å². The zero-order valence-corrected chi connectivity index (χ0v) is 10.3. The monoisotopic (exact) mass is 260 g/mol. The van der Waals surface area contributed by atoms with Crippen LogP contribution in [-0.4, -0.2) is 11.4 Å². The van der Waals surface area contributed by atoms with Gasteiger partial charge in [-0.2, -0.15) is 0 Å². The number of rotatable bonds is 1. The standard InChI is InChI=1S/C14H8N6/c15-19-17-13-9-6-11(7-10-13)5-8-12-3-1-2-4-14(12)18-20-16/h1-4,6-7,9-10H. The van der Waals surface area contributed by atoms with E-state index in [0.29, 0.717) is 17.0 Å². The van der Waals surface area contributed by atoms with E-state index in [4.69, 9.17) is 10.9 Å². The molecule has 2 aliphatic rings. The molecule has 20 heavy (non-hydrogen) atoms. The molecule has 0 aromatic heterocycles. The molecule has 0 N–H and O–H groups in total. The minimum Gasteiger partial charge on any atom is -0.362 e. The molecular weight excluding hydrogens is 252 g/mol. The highest BCUT2D eigenvalue weighted by Crippen LogP contribution is 2.09. The van der Waals surface area contributed by atoms with Crippen molar-refractivity contribution < 1.29 is 0 Å². The molecule has 0 fully saturated rings. The van der Waals surface area contributed by atoms with E-state index in [0.717, 1.165) is 5.57 Å².